The van der Waals surface area contributed by atoms with Gasteiger partial charge in [-0.25, -0.2) is 0 Å². The van der Waals surface area contributed by atoms with E-state index in [9.17, 15) is 19.5 Å². The third-order valence-corrected chi connectivity index (χ3v) is 6.07. The maximum absolute atomic E-state index is 13.3. The van der Waals surface area contributed by atoms with Crippen molar-refractivity contribution in [2.45, 2.75) is 12.5 Å². The third-order valence-electron chi connectivity index (χ3n) is 5.20. The van der Waals surface area contributed by atoms with Crippen molar-refractivity contribution < 1.29 is 29.3 Å². The first-order valence-corrected chi connectivity index (χ1v) is 10.6. The molecule has 32 heavy (non-hydrogen) atoms. The number of ether oxygens (including phenoxy) is 1. The maximum Gasteiger partial charge on any atom is 0.307 e. The number of rotatable bonds is 7. The Morgan fingerprint density at radius 3 is 2.41 bits per heavy atom. The Morgan fingerprint density at radius 2 is 1.78 bits per heavy atom. The number of hydrogen-bond acceptors (Lipinski definition) is 6. The molecule has 1 aromatic heterocycles. The molecule has 0 aliphatic carbocycles. The van der Waals surface area contributed by atoms with E-state index in [1.165, 1.54) is 23.3 Å². The van der Waals surface area contributed by atoms with E-state index in [1.54, 1.807) is 66.0 Å². The second-order valence-electron chi connectivity index (χ2n) is 7.13. The van der Waals surface area contributed by atoms with E-state index in [0.717, 1.165) is 0 Å². The van der Waals surface area contributed by atoms with Gasteiger partial charge in [-0.05, 0) is 35.2 Å². The topological polar surface area (TPSA) is 104 Å². The summed E-state index contributed by atoms with van der Waals surface area (Å²) in [5, 5.41) is 21.5. The highest BCUT2D eigenvalue weighted by Crippen LogP contribution is 2.44. The fourth-order valence-electron chi connectivity index (χ4n) is 3.78. The molecule has 0 saturated heterocycles. The van der Waals surface area contributed by atoms with Gasteiger partial charge in [0.15, 0.2) is 5.76 Å². The molecule has 2 N–H and O–H groups in total. The lowest BCUT2D eigenvalue weighted by molar-refractivity contribution is -0.136. The highest BCUT2D eigenvalue weighted by Gasteiger charge is 2.45. The number of anilines is 1. The largest absolute Gasteiger partial charge is 0.503 e. The fourth-order valence-corrected chi connectivity index (χ4v) is 4.46. The average molecular weight is 449 g/mol. The van der Waals surface area contributed by atoms with Gasteiger partial charge in [0.25, 0.3) is 5.91 Å². The zero-order valence-corrected chi connectivity index (χ0v) is 17.8. The third kappa shape index (κ3) is 3.76. The molecule has 0 spiro atoms. The van der Waals surface area contributed by atoms with E-state index >= 15 is 0 Å². The van der Waals surface area contributed by atoms with Crippen molar-refractivity contribution in [2.75, 3.05) is 12.0 Å². The molecule has 0 radical (unpaired) electrons. The van der Waals surface area contributed by atoms with Crippen LogP contribution in [0.4, 0.5) is 5.69 Å². The lowest BCUT2D eigenvalue weighted by atomic mass is 9.94. The number of amides is 1. The number of carboxylic acid groups (broad SMARTS) is 1. The van der Waals surface area contributed by atoms with Crippen molar-refractivity contribution in [3.63, 3.8) is 0 Å². The standard InChI is InChI=1S/C24H19NO6S/c1-31-17-6-3-2-5-16(17)21-20(22(28)18-7-4-12-32-18)23(29)24(30)25(21)15-10-8-14(9-11-15)13-19(26)27/h2-12,21,29H,13H2,1H3,(H,26,27). The minimum absolute atomic E-state index is 0.0310. The highest BCUT2D eigenvalue weighted by atomic mass is 32.1. The Balaban J connectivity index is 1.85. The smallest absolute Gasteiger partial charge is 0.307 e. The van der Waals surface area contributed by atoms with Crippen molar-refractivity contribution in [3.05, 3.63) is 93.4 Å². The molecule has 2 heterocycles. The summed E-state index contributed by atoms with van der Waals surface area (Å²) in [5.41, 5.74) is 1.49. The molecule has 1 unspecified atom stereocenters. The van der Waals surface area contributed by atoms with Crippen molar-refractivity contribution in [2.24, 2.45) is 0 Å². The van der Waals surface area contributed by atoms with Crippen LogP contribution in [-0.2, 0) is 16.0 Å². The number of Topliss-reactive ketones (excluding diaryl/α,β-unsaturated/α-hetero) is 1. The van der Waals surface area contributed by atoms with Gasteiger partial charge in [-0.15, -0.1) is 11.3 Å². The minimum Gasteiger partial charge on any atom is -0.503 e. The summed E-state index contributed by atoms with van der Waals surface area (Å²) < 4.78 is 5.48. The van der Waals surface area contributed by atoms with Gasteiger partial charge in [-0.1, -0.05) is 36.4 Å². The minimum atomic E-state index is -0.968. The zero-order chi connectivity index (χ0) is 22.8. The van der Waals surface area contributed by atoms with Crippen LogP contribution in [0.1, 0.15) is 26.8 Å². The molecule has 1 aliphatic rings. The maximum atomic E-state index is 13.3. The van der Waals surface area contributed by atoms with E-state index in [-0.39, 0.29) is 12.0 Å². The van der Waals surface area contributed by atoms with E-state index < -0.39 is 29.5 Å². The quantitative estimate of drug-likeness (QED) is 0.525. The Kier molecular flexibility index (Phi) is 5.79. The number of hydrogen-bond donors (Lipinski definition) is 2. The van der Waals surface area contributed by atoms with E-state index in [0.29, 0.717) is 27.4 Å². The number of carbonyl (C=O) groups excluding carboxylic acids is 2. The number of ketones is 1. The molecular formula is C24H19NO6S. The first kappa shape index (κ1) is 21.3. The van der Waals surface area contributed by atoms with E-state index in [2.05, 4.69) is 0 Å². The van der Waals surface area contributed by atoms with Gasteiger partial charge < -0.3 is 14.9 Å². The molecule has 2 aromatic carbocycles. The molecular weight excluding hydrogens is 430 g/mol. The summed E-state index contributed by atoms with van der Waals surface area (Å²) in [4.78, 5) is 39.2. The predicted molar refractivity (Wildman–Crippen MR) is 119 cm³/mol. The van der Waals surface area contributed by atoms with Crippen LogP contribution < -0.4 is 9.64 Å². The number of aliphatic hydroxyl groups excluding tert-OH is 1. The van der Waals surface area contributed by atoms with E-state index in [1.807, 2.05) is 0 Å². The van der Waals surface area contributed by atoms with Gasteiger partial charge in [0.1, 0.15) is 5.75 Å². The first-order chi connectivity index (χ1) is 15.4. The molecule has 3 aromatic rings. The number of thiophene rings is 1. The van der Waals surface area contributed by atoms with Crippen LogP contribution >= 0.6 is 11.3 Å². The summed E-state index contributed by atoms with van der Waals surface area (Å²) in [6, 6.07) is 15.8. The number of benzene rings is 2. The number of aliphatic carboxylic acids is 1. The Bertz CT molecular complexity index is 1210. The average Bonchev–Trinajstić information content (AvgIpc) is 3.41. The van der Waals surface area contributed by atoms with Crippen LogP contribution in [0, 0.1) is 0 Å². The summed E-state index contributed by atoms with van der Waals surface area (Å²) in [7, 11) is 1.49. The number of carbonyl (C=O) groups is 3. The molecule has 4 rings (SSSR count). The summed E-state index contributed by atoms with van der Waals surface area (Å²) in [6.07, 6.45) is -0.157. The molecule has 1 atom stereocenters. The summed E-state index contributed by atoms with van der Waals surface area (Å²) in [6.45, 7) is 0. The van der Waals surface area contributed by atoms with Crippen molar-refractivity contribution in [3.8, 4) is 5.75 Å². The van der Waals surface area contributed by atoms with Gasteiger partial charge in [0, 0.05) is 11.3 Å². The van der Waals surface area contributed by atoms with Crippen LogP contribution in [0.15, 0.2) is 77.4 Å². The lowest BCUT2D eigenvalue weighted by Crippen LogP contribution is -2.31. The van der Waals surface area contributed by atoms with Crippen molar-refractivity contribution >= 4 is 34.7 Å². The Morgan fingerprint density at radius 1 is 1.06 bits per heavy atom. The monoisotopic (exact) mass is 449 g/mol. The molecule has 7 nitrogen and oxygen atoms in total. The molecule has 1 aliphatic heterocycles. The van der Waals surface area contributed by atoms with Crippen LogP contribution in [0.3, 0.4) is 0 Å². The number of para-hydroxylation sites is 1. The molecule has 0 bridgehead atoms. The van der Waals surface area contributed by atoms with Gasteiger partial charge in [0.05, 0.1) is 30.0 Å². The van der Waals surface area contributed by atoms with Crippen molar-refractivity contribution in [1.82, 2.24) is 0 Å². The SMILES string of the molecule is COc1ccccc1C1C(C(=O)c2cccs2)=C(O)C(=O)N1c1ccc(CC(=O)O)cc1. The molecule has 8 heteroatoms. The van der Waals surface area contributed by atoms with Gasteiger partial charge in [-0.2, -0.15) is 0 Å². The summed E-state index contributed by atoms with van der Waals surface area (Å²) in [5.74, 6) is -2.28. The Hall–Kier alpha value is -3.91. The normalized spacial score (nSPS) is 15.8. The highest BCUT2D eigenvalue weighted by molar-refractivity contribution is 7.12. The van der Waals surface area contributed by atoms with Gasteiger partial charge >= 0.3 is 5.97 Å². The molecule has 1 amide bonds. The lowest BCUT2D eigenvalue weighted by Gasteiger charge is -2.28. The predicted octanol–water partition coefficient (Wildman–Crippen LogP) is 4.17. The van der Waals surface area contributed by atoms with E-state index in [4.69, 9.17) is 9.84 Å². The zero-order valence-electron chi connectivity index (χ0n) is 17.0. The van der Waals surface area contributed by atoms with Gasteiger partial charge in [0.2, 0.25) is 5.78 Å². The van der Waals surface area contributed by atoms with Crippen LogP contribution in [0.5, 0.6) is 5.75 Å². The first-order valence-electron chi connectivity index (χ1n) is 9.71. The van der Waals surface area contributed by atoms with Crippen LogP contribution in [0.2, 0.25) is 0 Å². The van der Waals surface area contributed by atoms with Gasteiger partial charge in [-0.3, -0.25) is 19.3 Å². The number of methoxy groups -OCH3 is 1. The second kappa shape index (κ2) is 8.68. The van der Waals surface area contributed by atoms with Crippen molar-refractivity contribution in [1.29, 1.82) is 0 Å². The van der Waals surface area contributed by atoms with Crippen LogP contribution in [-0.4, -0.2) is 35.0 Å². The van der Waals surface area contributed by atoms with Crippen LogP contribution in [0.25, 0.3) is 0 Å². The number of aliphatic hydroxyl groups is 1. The molecule has 0 fully saturated rings. The second-order valence-corrected chi connectivity index (χ2v) is 8.07. The number of nitrogens with zero attached hydrogens (tertiary/aromatic N) is 1. The summed E-state index contributed by atoms with van der Waals surface area (Å²) >= 11 is 1.22. The molecule has 0 saturated carbocycles. The fraction of sp³-hybridized carbons (Fsp3) is 0.125. The number of carboxylic acids is 1. The molecule has 162 valence electrons. The Labute approximate surface area is 187 Å².